The van der Waals surface area contributed by atoms with Gasteiger partial charge in [0.25, 0.3) is 5.56 Å². The third-order valence-corrected chi connectivity index (χ3v) is 6.87. The van der Waals surface area contributed by atoms with E-state index in [-0.39, 0.29) is 11.2 Å². The molecule has 8 nitrogen and oxygen atoms in total. The Morgan fingerprint density at radius 1 is 0.860 bits per heavy atom. The molecule has 0 radical (unpaired) electrons. The molecule has 0 saturated heterocycles. The van der Waals surface area contributed by atoms with Gasteiger partial charge in [0, 0.05) is 30.1 Å². The third kappa shape index (κ3) is 7.67. The standard InChI is InChI=1S/C35H35N3O5/c1-2-3-21-38-33-30(19-11-20-36-33)31(32(34(38)39)37-35(40)43-28-16-8-5-9-17-28)27-15-10-18-29(24-27)42-23-12-22-41-25-26-13-6-4-7-14-26/h4-11,13-20,24H,2-3,12,21-23,25H2,1H3,(H,37,40). The molecule has 220 valence electrons. The molecule has 2 heterocycles. The Morgan fingerprint density at radius 2 is 1.63 bits per heavy atom. The number of hydrogen-bond acceptors (Lipinski definition) is 6. The van der Waals surface area contributed by atoms with E-state index in [1.54, 1.807) is 35.0 Å². The van der Waals surface area contributed by atoms with Crippen molar-refractivity contribution in [3.05, 3.63) is 119 Å². The van der Waals surface area contributed by atoms with E-state index in [4.69, 9.17) is 14.2 Å². The van der Waals surface area contributed by atoms with Gasteiger partial charge in [-0.05, 0) is 53.9 Å². The minimum absolute atomic E-state index is 0.129. The highest BCUT2D eigenvalue weighted by molar-refractivity contribution is 6.03. The zero-order valence-corrected chi connectivity index (χ0v) is 24.2. The van der Waals surface area contributed by atoms with Crippen molar-refractivity contribution in [2.75, 3.05) is 18.5 Å². The van der Waals surface area contributed by atoms with Crippen LogP contribution in [0.3, 0.4) is 0 Å². The maximum atomic E-state index is 13.9. The van der Waals surface area contributed by atoms with Gasteiger partial charge in [-0.3, -0.25) is 14.7 Å². The molecule has 5 aromatic rings. The number of amides is 1. The van der Waals surface area contributed by atoms with Crippen molar-refractivity contribution < 1.29 is 19.0 Å². The van der Waals surface area contributed by atoms with Gasteiger partial charge in [-0.2, -0.15) is 0 Å². The number of fused-ring (bicyclic) bond motifs is 1. The average Bonchev–Trinajstić information content (AvgIpc) is 3.04. The van der Waals surface area contributed by atoms with Gasteiger partial charge >= 0.3 is 6.09 Å². The van der Waals surface area contributed by atoms with Crippen LogP contribution < -0.4 is 20.3 Å². The monoisotopic (exact) mass is 577 g/mol. The predicted octanol–water partition coefficient (Wildman–Crippen LogP) is 7.46. The number of unbranched alkanes of at least 4 members (excludes halogenated alkanes) is 1. The average molecular weight is 578 g/mol. The van der Waals surface area contributed by atoms with E-state index < -0.39 is 6.09 Å². The molecule has 1 N–H and O–H groups in total. The summed E-state index contributed by atoms with van der Waals surface area (Å²) in [6, 6.07) is 30.0. The number of rotatable bonds is 13. The summed E-state index contributed by atoms with van der Waals surface area (Å²) in [6.45, 7) is 4.13. The van der Waals surface area contributed by atoms with Crippen LogP contribution in [0.15, 0.2) is 108 Å². The van der Waals surface area contributed by atoms with E-state index in [9.17, 15) is 9.59 Å². The Hall–Kier alpha value is -4.95. The smallest absolute Gasteiger partial charge is 0.417 e. The first-order valence-electron chi connectivity index (χ1n) is 14.5. The van der Waals surface area contributed by atoms with Crippen LogP contribution in [0.2, 0.25) is 0 Å². The second kappa shape index (κ2) is 14.8. The quantitative estimate of drug-likeness (QED) is 0.146. The SMILES string of the molecule is CCCCn1c(=O)c(NC(=O)Oc2ccccc2)c(-c2cccc(OCCCOCc3ccccc3)c2)c2cccnc21. The van der Waals surface area contributed by atoms with Crippen LogP contribution in [0.1, 0.15) is 31.7 Å². The van der Waals surface area contributed by atoms with Crippen LogP contribution in [-0.2, 0) is 17.9 Å². The van der Waals surface area contributed by atoms with Crippen LogP contribution in [0.25, 0.3) is 22.2 Å². The highest BCUT2D eigenvalue weighted by atomic mass is 16.6. The molecule has 2 aromatic heterocycles. The van der Waals surface area contributed by atoms with E-state index in [0.29, 0.717) is 54.6 Å². The highest BCUT2D eigenvalue weighted by Gasteiger charge is 2.22. The second-order valence-electron chi connectivity index (χ2n) is 10.0. The molecule has 1 amide bonds. The number of pyridine rings is 2. The summed E-state index contributed by atoms with van der Waals surface area (Å²) >= 11 is 0. The van der Waals surface area contributed by atoms with Crippen molar-refractivity contribution in [1.29, 1.82) is 0 Å². The van der Waals surface area contributed by atoms with E-state index in [1.807, 2.05) is 72.8 Å². The molecule has 3 aromatic carbocycles. The van der Waals surface area contributed by atoms with Crippen molar-refractivity contribution >= 4 is 22.8 Å². The lowest BCUT2D eigenvalue weighted by Crippen LogP contribution is -2.29. The molecule has 5 rings (SSSR count). The van der Waals surface area contributed by atoms with Gasteiger partial charge in [-0.15, -0.1) is 0 Å². The van der Waals surface area contributed by atoms with Gasteiger partial charge in [0.05, 0.1) is 19.8 Å². The summed E-state index contributed by atoms with van der Waals surface area (Å²) in [5.41, 5.74) is 2.74. The zero-order valence-electron chi connectivity index (χ0n) is 24.2. The lowest BCUT2D eigenvalue weighted by atomic mass is 10.00. The maximum absolute atomic E-state index is 13.9. The number of carbonyl (C=O) groups is 1. The number of carbonyl (C=O) groups excluding carboxylic acids is 1. The van der Waals surface area contributed by atoms with E-state index >= 15 is 0 Å². The number of aromatic nitrogens is 2. The third-order valence-electron chi connectivity index (χ3n) is 6.87. The predicted molar refractivity (Wildman–Crippen MR) is 169 cm³/mol. The molecule has 0 aliphatic carbocycles. The van der Waals surface area contributed by atoms with Gasteiger partial charge in [-0.1, -0.05) is 74.0 Å². The van der Waals surface area contributed by atoms with Crippen molar-refractivity contribution in [1.82, 2.24) is 9.55 Å². The van der Waals surface area contributed by atoms with Gasteiger partial charge < -0.3 is 14.2 Å². The van der Waals surface area contributed by atoms with Crippen molar-refractivity contribution in [2.24, 2.45) is 0 Å². The molecule has 0 atom stereocenters. The molecule has 0 aliphatic heterocycles. The number of aryl methyl sites for hydroxylation is 1. The van der Waals surface area contributed by atoms with Crippen LogP contribution in [-0.4, -0.2) is 28.9 Å². The van der Waals surface area contributed by atoms with Gasteiger partial charge in [0.2, 0.25) is 0 Å². The fraction of sp³-hybridized carbons (Fsp3) is 0.229. The van der Waals surface area contributed by atoms with Gasteiger partial charge in [0.15, 0.2) is 0 Å². The first-order chi connectivity index (χ1) is 21.1. The van der Waals surface area contributed by atoms with E-state index in [0.717, 1.165) is 30.2 Å². The van der Waals surface area contributed by atoms with E-state index in [1.165, 1.54) is 0 Å². The highest BCUT2D eigenvalue weighted by Crippen LogP contribution is 2.35. The molecular formula is C35H35N3O5. The molecule has 0 fully saturated rings. The minimum Gasteiger partial charge on any atom is -0.493 e. The normalized spacial score (nSPS) is 10.9. The molecule has 0 bridgehead atoms. The van der Waals surface area contributed by atoms with Gasteiger partial charge in [0.1, 0.15) is 22.8 Å². The number of benzene rings is 3. The lowest BCUT2D eigenvalue weighted by Gasteiger charge is -2.18. The van der Waals surface area contributed by atoms with Crippen molar-refractivity contribution in [3.8, 4) is 22.6 Å². The Bertz CT molecular complexity index is 1700. The zero-order chi connectivity index (χ0) is 29.9. The summed E-state index contributed by atoms with van der Waals surface area (Å²) in [4.78, 5) is 31.5. The fourth-order valence-electron chi connectivity index (χ4n) is 4.80. The molecular weight excluding hydrogens is 542 g/mol. The van der Waals surface area contributed by atoms with Crippen molar-refractivity contribution in [2.45, 2.75) is 39.3 Å². The lowest BCUT2D eigenvalue weighted by molar-refractivity contribution is 0.107. The van der Waals surface area contributed by atoms with Crippen molar-refractivity contribution in [3.63, 3.8) is 0 Å². The minimum atomic E-state index is -0.752. The number of ether oxygens (including phenoxy) is 3. The molecule has 0 saturated carbocycles. The van der Waals surface area contributed by atoms with Gasteiger partial charge in [-0.25, -0.2) is 9.78 Å². The number of nitrogens with zero attached hydrogens (tertiary/aromatic N) is 2. The summed E-state index contributed by atoms with van der Waals surface area (Å²) < 4.78 is 18.9. The number of hydrogen-bond donors (Lipinski definition) is 1. The van der Waals surface area contributed by atoms with E-state index in [2.05, 4.69) is 17.2 Å². The summed E-state index contributed by atoms with van der Waals surface area (Å²) in [5, 5.41) is 3.49. The number of para-hydroxylation sites is 1. The Balaban J connectivity index is 1.41. The van der Waals surface area contributed by atoms with Crippen LogP contribution in [0.5, 0.6) is 11.5 Å². The summed E-state index contributed by atoms with van der Waals surface area (Å²) in [7, 11) is 0. The molecule has 8 heteroatoms. The molecule has 0 aliphatic rings. The van der Waals surface area contributed by atoms with Crippen LogP contribution >= 0.6 is 0 Å². The summed E-state index contributed by atoms with van der Waals surface area (Å²) in [5.74, 6) is 1.02. The second-order valence-corrected chi connectivity index (χ2v) is 10.0. The summed E-state index contributed by atoms with van der Waals surface area (Å²) in [6.07, 6.45) is 3.33. The maximum Gasteiger partial charge on any atom is 0.417 e. The molecule has 43 heavy (non-hydrogen) atoms. The molecule has 0 unspecified atom stereocenters. The Labute approximate surface area is 250 Å². The first-order valence-corrected chi connectivity index (χ1v) is 14.5. The largest absolute Gasteiger partial charge is 0.493 e. The number of anilines is 1. The fourth-order valence-corrected chi connectivity index (χ4v) is 4.80. The topological polar surface area (TPSA) is 91.7 Å². The van der Waals surface area contributed by atoms with Crippen LogP contribution in [0.4, 0.5) is 10.5 Å². The Kier molecular flexibility index (Phi) is 10.2. The Morgan fingerprint density at radius 3 is 2.42 bits per heavy atom. The first kappa shape index (κ1) is 29.5. The van der Waals surface area contributed by atoms with Crippen LogP contribution in [0, 0.1) is 0 Å². The number of nitrogens with one attached hydrogen (secondary N) is 1. The molecule has 0 spiro atoms.